The van der Waals surface area contributed by atoms with Crippen molar-refractivity contribution in [3.8, 4) is 0 Å². The molecule has 170 valence electrons. The minimum absolute atomic E-state index is 0.0375. The third-order valence-corrected chi connectivity index (χ3v) is 5.26. The highest BCUT2D eigenvalue weighted by Gasteiger charge is 2.49. The van der Waals surface area contributed by atoms with E-state index in [-0.39, 0.29) is 18.2 Å². The summed E-state index contributed by atoms with van der Waals surface area (Å²) in [6, 6.07) is 2.39. The van der Waals surface area contributed by atoms with E-state index in [0.29, 0.717) is 32.0 Å². The number of aromatic nitrogens is 3. The fraction of sp³-hybridized carbons (Fsp3) is 0.526. The quantitative estimate of drug-likeness (QED) is 0.519. The fourth-order valence-corrected chi connectivity index (χ4v) is 3.79. The monoisotopic (exact) mass is 447 g/mol. The molecule has 1 unspecified atom stereocenters. The Hall–Kier alpha value is -2.60. The molecule has 0 bridgehead atoms. The fourth-order valence-electron chi connectivity index (χ4n) is 3.79. The molecule has 0 spiro atoms. The Morgan fingerprint density at radius 2 is 2.00 bits per heavy atom. The van der Waals surface area contributed by atoms with Crippen LogP contribution in [0.5, 0.6) is 0 Å². The number of rotatable bonds is 7. The molecule has 1 aromatic carbocycles. The average molecular weight is 447 g/mol. The van der Waals surface area contributed by atoms with Crippen LogP contribution in [0.2, 0.25) is 0 Å². The highest BCUT2D eigenvalue weighted by molar-refractivity contribution is 5.76. The average Bonchev–Trinajstić information content (AvgIpc) is 3.20. The van der Waals surface area contributed by atoms with Crippen LogP contribution in [-0.2, 0) is 21.7 Å². The lowest BCUT2D eigenvalue weighted by Crippen LogP contribution is -2.52. The molecular weight excluding hydrogens is 425 g/mol. The van der Waals surface area contributed by atoms with Crippen LogP contribution in [0.3, 0.4) is 0 Å². The lowest BCUT2D eigenvalue weighted by molar-refractivity contribution is -0.219. The number of esters is 1. The van der Waals surface area contributed by atoms with Gasteiger partial charge >= 0.3 is 12.1 Å². The summed E-state index contributed by atoms with van der Waals surface area (Å²) in [5.41, 5.74) is -2.53. The Balaban J connectivity index is 2.07. The first-order chi connectivity index (χ1) is 14.6. The first-order valence-electron chi connectivity index (χ1n) is 9.60. The number of likely N-dealkylation sites (N-methyl/N-ethyl adjacent to an activating group) is 1. The third-order valence-electron chi connectivity index (χ3n) is 5.26. The van der Waals surface area contributed by atoms with Crippen molar-refractivity contribution in [2.45, 2.75) is 37.2 Å². The second-order valence-electron chi connectivity index (χ2n) is 7.50. The van der Waals surface area contributed by atoms with E-state index in [1.807, 2.05) is 0 Å². The number of nitrogens with zero attached hydrogens (tertiary/aromatic N) is 4. The van der Waals surface area contributed by atoms with E-state index in [9.17, 15) is 26.7 Å². The molecule has 1 N–H and O–H groups in total. The maximum absolute atomic E-state index is 14.8. The van der Waals surface area contributed by atoms with Crippen LogP contribution < -0.4 is 5.32 Å². The number of alkyl halides is 3. The van der Waals surface area contributed by atoms with Crippen molar-refractivity contribution in [1.82, 2.24) is 25.0 Å². The summed E-state index contributed by atoms with van der Waals surface area (Å²) in [6.07, 6.45) is -1.54. The van der Waals surface area contributed by atoms with Crippen molar-refractivity contribution in [1.29, 1.82) is 0 Å². The smallest absolute Gasteiger partial charge is 0.444 e. The van der Waals surface area contributed by atoms with Gasteiger partial charge in [0, 0.05) is 24.2 Å². The Bertz CT molecular complexity index is 886. The van der Waals surface area contributed by atoms with Crippen LogP contribution in [0.15, 0.2) is 30.9 Å². The van der Waals surface area contributed by atoms with Crippen molar-refractivity contribution in [2.24, 2.45) is 0 Å². The predicted octanol–water partition coefficient (Wildman–Crippen LogP) is 2.24. The molecule has 31 heavy (non-hydrogen) atoms. The summed E-state index contributed by atoms with van der Waals surface area (Å²) in [6.45, 7) is 0.686. The maximum atomic E-state index is 14.8. The molecule has 0 radical (unpaired) electrons. The van der Waals surface area contributed by atoms with Crippen molar-refractivity contribution in [3.05, 3.63) is 48.1 Å². The highest BCUT2D eigenvalue weighted by Crippen LogP contribution is 2.35. The molecule has 2 heterocycles. The van der Waals surface area contributed by atoms with E-state index in [1.165, 1.54) is 6.33 Å². The second kappa shape index (κ2) is 9.27. The Kier molecular flexibility index (Phi) is 6.90. The molecule has 0 amide bonds. The number of halogens is 5. The number of piperidine rings is 1. The van der Waals surface area contributed by atoms with Gasteiger partial charge in [0.05, 0.1) is 6.54 Å². The lowest BCUT2D eigenvalue weighted by Gasteiger charge is -2.40. The molecule has 2 aromatic rings. The number of carbonyl (C=O) groups excluding carboxylic acids is 1. The van der Waals surface area contributed by atoms with E-state index in [2.05, 4.69) is 15.4 Å². The number of benzene rings is 1. The number of ether oxygens (including phenoxy) is 1. The molecule has 1 atom stereocenters. The number of hydrogen-bond donors (Lipinski definition) is 1. The van der Waals surface area contributed by atoms with Gasteiger partial charge in [-0.15, -0.1) is 0 Å². The van der Waals surface area contributed by atoms with E-state index in [1.54, 1.807) is 11.9 Å². The highest BCUT2D eigenvalue weighted by atomic mass is 19.4. The molecule has 0 aliphatic carbocycles. The van der Waals surface area contributed by atoms with Gasteiger partial charge in [0.2, 0.25) is 0 Å². The standard InChI is InChI=1S/C19H22F5N5O2/c1-28(14-4-6-25-7-5-14)9-18(10-29-12-26-11-27-29,31-17(30)19(22,23)24)15-3-2-13(20)8-16(15)21/h2-3,8,11-12,14,25H,4-7,9-10H2,1H3. The normalized spacial score (nSPS) is 17.5. The predicted molar refractivity (Wildman–Crippen MR) is 98.7 cm³/mol. The SMILES string of the molecule is CN(CC(Cn1cncn1)(OC(=O)C(F)(F)F)c1ccc(F)cc1F)C1CCNCC1. The summed E-state index contributed by atoms with van der Waals surface area (Å²) in [7, 11) is 1.66. The van der Waals surface area contributed by atoms with Gasteiger partial charge in [0.25, 0.3) is 0 Å². The van der Waals surface area contributed by atoms with E-state index in [4.69, 9.17) is 4.74 Å². The summed E-state index contributed by atoms with van der Waals surface area (Å²) >= 11 is 0. The first-order valence-corrected chi connectivity index (χ1v) is 9.60. The van der Waals surface area contributed by atoms with Crippen LogP contribution in [-0.4, -0.2) is 64.5 Å². The topological polar surface area (TPSA) is 72.3 Å². The molecule has 1 fully saturated rings. The number of hydrogen-bond acceptors (Lipinski definition) is 6. The summed E-state index contributed by atoms with van der Waals surface area (Å²) in [5, 5.41) is 7.05. The molecule has 1 aliphatic heterocycles. The number of carbonyl (C=O) groups is 1. The molecule has 12 heteroatoms. The molecule has 1 aliphatic rings. The van der Waals surface area contributed by atoms with Crippen molar-refractivity contribution in [2.75, 3.05) is 26.7 Å². The van der Waals surface area contributed by atoms with E-state index >= 15 is 0 Å². The van der Waals surface area contributed by atoms with Gasteiger partial charge in [-0.2, -0.15) is 18.3 Å². The third kappa shape index (κ3) is 5.56. The molecule has 1 saturated heterocycles. The molecule has 7 nitrogen and oxygen atoms in total. The van der Waals surface area contributed by atoms with Gasteiger partial charge < -0.3 is 10.1 Å². The van der Waals surface area contributed by atoms with Crippen LogP contribution in [0.1, 0.15) is 18.4 Å². The zero-order chi connectivity index (χ0) is 22.6. The Labute approximate surface area is 175 Å². The van der Waals surface area contributed by atoms with Gasteiger partial charge in [-0.05, 0) is 45.1 Å². The minimum atomic E-state index is -5.31. The zero-order valence-electron chi connectivity index (χ0n) is 16.7. The lowest BCUT2D eigenvalue weighted by atomic mass is 9.90. The first kappa shape index (κ1) is 23.1. The summed E-state index contributed by atoms with van der Waals surface area (Å²) in [5.74, 6) is -4.52. The van der Waals surface area contributed by atoms with Gasteiger partial charge in [-0.1, -0.05) is 0 Å². The largest absolute Gasteiger partial charge is 0.490 e. The van der Waals surface area contributed by atoms with Crippen molar-refractivity contribution in [3.63, 3.8) is 0 Å². The number of nitrogens with one attached hydrogen (secondary N) is 1. The minimum Gasteiger partial charge on any atom is -0.444 e. The van der Waals surface area contributed by atoms with Crippen LogP contribution in [0.25, 0.3) is 0 Å². The maximum Gasteiger partial charge on any atom is 0.490 e. The Morgan fingerprint density at radius 3 is 2.58 bits per heavy atom. The van der Waals surface area contributed by atoms with Crippen molar-refractivity contribution < 1.29 is 31.5 Å². The van der Waals surface area contributed by atoms with Crippen LogP contribution >= 0.6 is 0 Å². The molecule has 1 aromatic heterocycles. The van der Waals surface area contributed by atoms with E-state index < -0.39 is 35.9 Å². The van der Waals surface area contributed by atoms with Crippen molar-refractivity contribution >= 4 is 5.97 Å². The van der Waals surface area contributed by atoms with Crippen LogP contribution in [0, 0.1) is 11.6 Å². The van der Waals surface area contributed by atoms with Gasteiger partial charge in [-0.3, -0.25) is 4.90 Å². The molecular formula is C19H22F5N5O2. The second-order valence-corrected chi connectivity index (χ2v) is 7.50. The van der Waals surface area contributed by atoms with Gasteiger partial charge in [0.1, 0.15) is 24.3 Å². The van der Waals surface area contributed by atoms with Gasteiger partial charge in [0.15, 0.2) is 5.60 Å². The Morgan fingerprint density at radius 1 is 1.29 bits per heavy atom. The molecule has 0 saturated carbocycles. The van der Waals surface area contributed by atoms with Crippen LogP contribution in [0.4, 0.5) is 22.0 Å². The van der Waals surface area contributed by atoms with Gasteiger partial charge in [-0.25, -0.2) is 23.2 Å². The molecule has 3 rings (SSSR count). The van der Waals surface area contributed by atoms with E-state index in [0.717, 1.165) is 23.1 Å². The summed E-state index contributed by atoms with van der Waals surface area (Å²) in [4.78, 5) is 17.4. The zero-order valence-corrected chi connectivity index (χ0v) is 16.7. The summed E-state index contributed by atoms with van der Waals surface area (Å²) < 4.78 is 73.9.